The highest BCUT2D eigenvalue weighted by atomic mass is 16.5. The third-order valence-electron chi connectivity index (χ3n) is 3.67. The van der Waals surface area contributed by atoms with Gasteiger partial charge in [-0.15, -0.1) is 0 Å². The van der Waals surface area contributed by atoms with Crippen molar-refractivity contribution in [3.8, 4) is 0 Å². The van der Waals surface area contributed by atoms with Crippen LogP contribution in [0.2, 0.25) is 0 Å². The molecule has 1 aliphatic rings. The van der Waals surface area contributed by atoms with Crippen molar-refractivity contribution in [3.63, 3.8) is 0 Å². The van der Waals surface area contributed by atoms with Gasteiger partial charge in [0.2, 0.25) is 5.91 Å². The fraction of sp³-hybridized carbons (Fsp3) is 0.562. The van der Waals surface area contributed by atoms with Crippen molar-refractivity contribution < 1.29 is 9.53 Å². The molecule has 21 heavy (non-hydrogen) atoms. The van der Waals surface area contributed by atoms with E-state index in [1.165, 1.54) is 11.3 Å². The monoisotopic (exact) mass is 291 g/mol. The highest BCUT2D eigenvalue weighted by Crippen LogP contribution is 2.19. The van der Waals surface area contributed by atoms with Crippen LogP contribution in [-0.4, -0.2) is 69.7 Å². The number of methoxy groups -OCH3 is 1. The predicted octanol–water partition coefficient (Wildman–Crippen LogP) is 1.04. The lowest BCUT2D eigenvalue weighted by Gasteiger charge is -2.36. The van der Waals surface area contributed by atoms with E-state index in [1.54, 1.807) is 7.11 Å². The van der Waals surface area contributed by atoms with E-state index < -0.39 is 0 Å². The molecule has 0 aliphatic carbocycles. The first-order chi connectivity index (χ1) is 10.1. The summed E-state index contributed by atoms with van der Waals surface area (Å²) in [6, 6.07) is 8.65. The van der Waals surface area contributed by atoms with Gasteiger partial charge in [-0.25, -0.2) is 0 Å². The molecule has 0 atom stereocenters. The van der Waals surface area contributed by atoms with Crippen molar-refractivity contribution in [3.05, 3.63) is 29.8 Å². The summed E-state index contributed by atoms with van der Waals surface area (Å²) in [5.41, 5.74) is 2.56. The maximum Gasteiger partial charge on any atom is 0.248 e. The molecule has 1 amide bonds. The molecule has 0 unspecified atom stereocenters. The Hall–Kier alpha value is -1.59. The molecular formula is C16H25N3O2. The lowest BCUT2D eigenvalue weighted by molar-refractivity contribution is -0.135. The van der Waals surface area contributed by atoms with Gasteiger partial charge in [0.25, 0.3) is 0 Å². The molecule has 0 saturated carbocycles. The molecular weight excluding hydrogens is 266 g/mol. The Bertz CT molecular complexity index is 468. The summed E-state index contributed by atoms with van der Waals surface area (Å²) < 4.78 is 4.91. The minimum atomic E-state index is 0.0820. The highest BCUT2D eigenvalue weighted by molar-refractivity contribution is 5.77. The minimum Gasteiger partial charge on any atom is -0.375 e. The van der Waals surface area contributed by atoms with Gasteiger partial charge >= 0.3 is 0 Å². The van der Waals surface area contributed by atoms with Crippen LogP contribution >= 0.6 is 0 Å². The zero-order valence-electron chi connectivity index (χ0n) is 13.2. The summed E-state index contributed by atoms with van der Waals surface area (Å²) in [7, 11) is 5.71. The van der Waals surface area contributed by atoms with Crippen molar-refractivity contribution in [1.82, 2.24) is 9.80 Å². The molecule has 5 heteroatoms. The summed E-state index contributed by atoms with van der Waals surface area (Å²) >= 11 is 0. The average molecular weight is 291 g/mol. The number of hydrogen-bond donors (Lipinski definition) is 0. The van der Waals surface area contributed by atoms with Gasteiger partial charge < -0.3 is 19.4 Å². The SMILES string of the molecule is COCC(=O)N1CCN(c2cccc(CN(C)C)c2)CC1. The number of ether oxygens (including phenoxy) is 1. The van der Waals surface area contributed by atoms with E-state index in [9.17, 15) is 4.79 Å². The Balaban J connectivity index is 1.94. The molecule has 0 N–H and O–H groups in total. The number of piperazine rings is 1. The first kappa shape index (κ1) is 15.8. The minimum absolute atomic E-state index is 0.0820. The second-order valence-electron chi connectivity index (χ2n) is 5.71. The summed E-state index contributed by atoms with van der Waals surface area (Å²) in [6.45, 7) is 4.40. The molecule has 1 heterocycles. The van der Waals surface area contributed by atoms with Crippen LogP contribution < -0.4 is 4.90 Å². The number of carbonyl (C=O) groups excluding carboxylic acids is 1. The Kier molecular flexibility index (Phi) is 5.59. The normalized spacial score (nSPS) is 15.6. The van der Waals surface area contributed by atoms with Crippen molar-refractivity contribution >= 4 is 11.6 Å². The van der Waals surface area contributed by atoms with Crippen LogP contribution in [0.1, 0.15) is 5.56 Å². The van der Waals surface area contributed by atoms with Crippen LogP contribution in [0.4, 0.5) is 5.69 Å². The van der Waals surface area contributed by atoms with Crippen LogP contribution in [0.25, 0.3) is 0 Å². The largest absolute Gasteiger partial charge is 0.375 e. The van der Waals surface area contributed by atoms with Crippen molar-refractivity contribution in [2.75, 3.05) is 58.9 Å². The van der Waals surface area contributed by atoms with Gasteiger partial charge in [-0.2, -0.15) is 0 Å². The molecule has 116 valence electrons. The van der Waals surface area contributed by atoms with Gasteiger partial charge in [-0.3, -0.25) is 4.79 Å². The van der Waals surface area contributed by atoms with E-state index in [4.69, 9.17) is 4.74 Å². The number of amides is 1. The molecule has 0 bridgehead atoms. The fourth-order valence-corrected chi connectivity index (χ4v) is 2.65. The van der Waals surface area contributed by atoms with Crippen LogP contribution in [0.15, 0.2) is 24.3 Å². The van der Waals surface area contributed by atoms with Gasteiger partial charge in [-0.05, 0) is 31.8 Å². The first-order valence-corrected chi connectivity index (χ1v) is 7.35. The molecule has 1 aliphatic heterocycles. The number of rotatable bonds is 5. The standard InChI is InChI=1S/C16H25N3O2/c1-17(2)12-14-5-4-6-15(11-14)18-7-9-19(10-8-18)16(20)13-21-3/h4-6,11H,7-10,12-13H2,1-3H3. The van der Waals surface area contributed by atoms with E-state index in [-0.39, 0.29) is 12.5 Å². The zero-order chi connectivity index (χ0) is 15.2. The molecule has 0 aromatic heterocycles. The van der Waals surface area contributed by atoms with E-state index in [0.29, 0.717) is 0 Å². The topological polar surface area (TPSA) is 36.0 Å². The van der Waals surface area contributed by atoms with Gasteiger partial charge in [0.05, 0.1) is 0 Å². The maximum atomic E-state index is 11.8. The highest BCUT2D eigenvalue weighted by Gasteiger charge is 2.21. The van der Waals surface area contributed by atoms with Gasteiger partial charge in [0, 0.05) is 45.5 Å². The number of carbonyl (C=O) groups is 1. The maximum absolute atomic E-state index is 11.8. The van der Waals surface area contributed by atoms with Gasteiger partial charge in [-0.1, -0.05) is 12.1 Å². The third kappa shape index (κ3) is 4.44. The van der Waals surface area contributed by atoms with Crippen LogP contribution in [0, 0.1) is 0 Å². The Morgan fingerprint density at radius 1 is 1.24 bits per heavy atom. The smallest absolute Gasteiger partial charge is 0.248 e. The Morgan fingerprint density at radius 2 is 1.95 bits per heavy atom. The molecule has 0 radical (unpaired) electrons. The van der Waals surface area contributed by atoms with Crippen molar-refractivity contribution in [2.24, 2.45) is 0 Å². The second kappa shape index (κ2) is 7.43. The van der Waals surface area contributed by atoms with Crippen molar-refractivity contribution in [1.29, 1.82) is 0 Å². The third-order valence-corrected chi connectivity index (χ3v) is 3.67. The molecule has 1 fully saturated rings. The molecule has 1 saturated heterocycles. The predicted molar refractivity (Wildman–Crippen MR) is 84.5 cm³/mol. The van der Waals surface area contributed by atoms with E-state index in [2.05, 4.69) is 48.2 Å². The lowest BCUT2D eigenvalue weighted by Crippen LogP contribution is -2.49. The van der Waals surface area contributed by atoms with Crippen LogP contribution in [0.5, 0.6) is 0 Å². The molecule has 1 aromatic carbocycles. The number of hydrogen-bond acceptors (Lipinski definition) is 4. The summed E-state index contributed by atoms with van der Waals surface area (Å²) in [5, 5.41) is 0. The quantitative estimate of drug-likeness (QED) is 0.812. The van der Waals surface area contributed by atoms with E-state index in [1.807, 2.05) is 4.90 Å². The van der Waals surface area contributed by atoms with E-state index >= 15 is 0 Å². The number of anilines is 1. The van der Waals surface area contributed by atoms with Crippen LogP contribution in [0.3, 0.4) is 0 Å². The Morgan fingerprint density at radius 3 is 2.57 bits per heavy atom. The van der Waals surface area contributed by atoms with Crippen LogP contribution in [-0.2, 0) is 16.1 Å². The Labute approximate surface area is 127 Å². The van der Waals surface area contributed by atoms with Crippen molar-refractivity contribution in [2.45, 2.75) is 6.54 Å². The summed E-state index contributed by atoms with van der Waals surface area (Å²) in [4.78, 5) is 18.2. The number of benzene rings is 1. The molecule has 2 rings (SSSR count). The average Bonchev–Trinajstić information content (AvgIpc) is 2.47. The summed E-state index contributed by atoms with van der Waals surface area (Å²) in [5.74, 6) is 0.0820. The summed E-state index contributed by atoms with van der Waals surface area (Å²) in [6.07, 6.45) is 0. The van der Waals surface area contributed by atoms with Gasteiger partial charge in [0.1, 0.15) is 6.61 Å². The van der Waals surface area contributed by atoms with Gasteiger partial charge in [0.15, 0.2) is 0 Å². The second-order valence-corrected chi connectivity index (χ2v) is 5.71. The van der Waals surface area contributed by atoms with E-state index in [0.717, 1.165) is 32.7 Å². The molecule has 5 nitrogen and oxygen atoms in total. The molecule has 1 aromatic rings. The molecule has 0 spiro atoms. The lowest BCUT2D eigenvalue weighted by atomic mass is 10.1. The first-order valence-electron chi connectivity index (χ1n) is 7.35. The zero-order valence-corrected chi connectivity index (χ0v) is 13.2. The number of nitrogens with zero attached hydrogens (tertiary/aromatic N) is 3. The fourth-order valence-electron chi connectivity index (χ4n) is 2.65.